The number of hydrogen-bond acceptors (Lipinski definition) is 2. The molecular weight excluding hydrogens is 525 g/mol. The fourth-order valence-corrected chi connectivity index (χ4v) is 10.9. The molecule has 1 aliphatic heterocycles. The van der Waals surface area contributed by atoms with E-state index >= 15 is 4.57 Å². The Kier molecular flexibility index (Phi) is 4.51. The van der Waals surface area contributed by atoms with Gasteiger partial charge in [-0.1, -0.05) is 103 Å². The molecule has 4 heteroatoms. The van der Waals surface area contributed by atoms with Crippen molar-refractivity contribution in [1.82, 2.24) is 4.57 Å². The average molecular weight is 548 g/mol. The molecule has 0 radical (unpaired) electrons. The number of fused-ring (bicyclic) bond motifs is 9. The monoisotopic (exact) mass is 547 g/mol. The molecule has 0 spiro atoms. The van der Waals surface area contributed by atoms with Crippen molar-refractivity contribution in [3.05, 3.63) is 133 Å². The number of rotatable bonds is 2. The first-order valence-electron chi connectivity index (χ1n) is 13.5. The lowest BCUT2D eigenvalue weighted by molar-refractivity contribution is 0.593. The van der Waals surface area contributed by atoms with Gasteiger partial charge in [0.1, 0.15) is 0 Å². The first-order chi connectivity index (χ1) is 19.7. The predicted octanol–water partition coefficient (Wildman–Crippen LogP) is 8.77. The molecule has 188 valence electrons. The van der Waals surface area contributed by atoms with Gasteiger partial charge in [-0.05, 0) is 41.5 Å². The minimum Gasteiger partial charge on any atom is -0.309 e. The van der Waals surface area contributed by atoms with Crippen LogP contribution in [0.3, 0.4) is 0 Å². The molecule has 0 saturated carbocycles. The highest BCUT2D eigenvalue weighted by atomic mass is 32.1. The van der Waals surface area contributed by atoms with Gasteiger partial charge in [-0.3, -0.25) is 0 Å². The highest BCUT2D eigenvalue weighted by Gasteiger charge is 2.40. The van der Waals surface area contributed by atoms with Gasteiger partial charge in [0.2, 0.25) is 0 Å². The minimum atomic E-state index is -3.01. The zero-order valence-electron chi connectivity index (χ0n) is 21.4. The summed E-state index contributed by atoms with van der Waals surface area (Å²) in [7, 11) is -3.01. The molecule has 2 aromatic heterocycles. The van der Waals surface area contributed by atoms with E-state index in [0.717, 1.165) is 43.5 Å². The summed E-state index contributed by atoms with van der Waals surface area (Å²) in [6, 6.07) is 46.7. The Bertz CT molecular complexity index is 2360. The zero-order valence-corrected chi connectivity index (χ0v) is 23.1. The largest absolute Gasteiger partial charge is 0.309 e. The first kappa shape index (κ1) is 22.4. The van der Waals surface area contributed by atoms with Crippen molar-refractivity contribution >= 4 is 76.4 Å². The number of nitrogens with zero attached hydrogens (tertiary/aromatic N) is 1. The number of aromatic nitrogens is 1. The Labute approximate surface area is 235 Å². The van der Waals surface area contributed by atoms with Crippen LogP contribution in [-0.4, -0.2) is 4.57 Å². The molecular formula is C36H22NOPS. The van der Waals surface area contributed by atoms with E-state index in [1.165, 1.54) is 31.2 Å². The van der Waals surface area contributed by atoms with E-state index in [2.05, 4.69) is 102 Å². The topological polar surface area (TPSA) is 22.0 Å². The molecule has 1 atom stereocenters. The first-order valence-corrected chi connectivity index (χ1v) is 16.0. The lowest BCUT2D eigenvalue weighted by atomic mass is 10.0. The van der Waals surface area contributed by atoms with Crippen LogP contribution in [0.4, 0.5) is 0 Å². The Hall–Kier alpha value is -4.43. The second kappa shape index (κ2) is 8.05. The SMILES string of the molecule is O=P1(c2ccccc2)c2ccccc2-c2cc3c(cc21)c1ccccc1n3-c1cccc2c1sc1ccccc12. The smallest absolute Gasteiger partial charge is 0.172 e. The minimum absolute atomic E-state index is 0.888. The van der Waals surface area contributed by atoms with E-state index in [1.54, 1.807) is 0 Å². The summed E-state index contributed by atoms with van der Waals surface area (Å²) in [5.74, 6) is 0. The zero-order chi connectivity index (χ0) is 26.4. The summed E-state index contributed by atoms with van der Waals surface area (Å²) in [5, 5.41) is 7.65. The summed E-state index contributed by atoms with van der Waals surface area (Å²) >= 11 is 1.85. The molecule has 9 rings (SSSR count). The van der Waals surface area contributed by atoms with Crippen LogP contribution in [-0.2, 0) is 4.57 Å². The van der Waals surface area contributed by atoms with Crippen molar-refractivity contribution in [3.8, 4) is 16.8 Å². The molecule has 40 heavy (non-hydrogen) atoms. The van der Waals surface area contributed by atoms with Crippen LogP contribution in [0.5, 0.6) is 0 Å². The molecule has 0 fully saturated rings. The van der Waals surface area contributed by atoms with Gasteiger partial charge >= 0.3 is 0 Å². The maximum Gasteiger partial charge on any atom is 0.172 e. The number of thiophene rings is 1. The second-order valence-corrected chi connectivity index (χ2v) is 14.2. The summed E-state index contributed by atoms with van der Waals surface area (Å²) in [6.07, 6.45) is 0. The third-order valence-corrected chi connectivity index (χ3v) is 12.8. The molecule has 2 nitrogen and oxygen atoms in total. The van der Waals surface area contributed by atoms with Crippen molar-refractivity contribution in [1.29, 1.82) is 0 Å². The van der Waals surface area contributed by atoms with Crippen molar-refractivity contribution < 1.29 is 4.57 Å². The summed E-state index contributed by atoms with van der Waals surface area (Å²) < 4.78 is 20.2. The third-order valence-electron chi connectivity index (χ3n) is 8.41. The Morgan fingerprint density at radius 2 is 1.25 bits per heavy atom. The summed E-state index contributed by atoms with van der Waals surface area (Å²) in [6.45, 7) is 0. The van der Waals surface area contributed by atoms with Crippen LogP contribution < -0.4 is 15.9 Å². The van der Waals surface area contributed by atoms with Crippen molar-refractivity contribution in [2.75, 3.05) is 0 Å². The van der Waals surface area contributed by atoms with Gasteiger partial charge in [0.25, 0.3) is 0 Å². The van der Waals surface area contributed by atoms with E-state index in [1.807, 2.05) is 47.7 Å². The van der Waals surface area contributed by atoms with E-state index < -0.39 is 7.14 Å². The van der Waals surface area contributed by atoms with Gasteiger partial charge in [0, 0.05) is 42.2 Å². The summed E-state index contributed by atoms with van der Waals surface area (Å²) in [4.78, 5) is 0. The normalized spacial score (nSPS) is 16.2. The van der Waals surface area contributed by atoms with Crippen LogP contribution in [0.15, 0.2) is 133 Å². The van der Waals surface area contributed by atoms with Crippen LogP contribution >= 0.6 is 18.5 Å². The van der Waals surface area contributed by atoms with E-state index in [9.17, 15) is 0 Å². The van der Waals surface area contributed by atoms with E-state index in [-0.39, 0.29) is 0 Å². The van der Waals surface area contributed by atoms with Gasteiger partial charge in [-0.2, -0.15) is 0 Å². The van der Waals surface area contributed by atoms with Crippen LogP contribution in [0.1, 0.15) is 0 Å². The standard InChI is InChI=1S/C36H22NOPS/c38-39(23-11-2-1-3-12-23)33-19-8-5-14-25(33)29-21-32-28(22-34(29)39)24-13-4-7-17-30(24)37(32)31-18-10-16-27-26-15-6-9-20-35(26)40-36(27)31/h1-22H. The highest BCUT2D eigenvalue weighted by Crippen LogP contribution is 2.53. The van der Waals surface area contributed by atoms with Gasteiger partial charge in [-0.15, -0.1) is 11.3 Å². The van der Waals surface area contributed by atoms with Crippen molar-refractivity contribution in [3.63, 3.8) is 0 Å². The Balaban J connectivity index is 1.43. The predicted molar refractivity (Wildman–Crippen MR) is 172 cm³/mol. The molecule has 0 aliphatic carbocycles. The average Bonchev–Trinajstić information content (AvgIpc) is 3.64. The fraction of sp³-hybridized carbons (Fsp3) is 0. The van der Waals surface area contributed by atoms with Gasteiger partial charge in [-0.25, -0.2) is 0 Å². The molecule has 0 bridgehead atoms. The van der Waals surface area contributed by atoms with Gasteiger partial charge < -0.3 is 9.13 Å². The molecule has 0 amide bonds. The molecule has 3 heterocycles. The number of hydrogen-bond donors (Lipinski definition) is 0. The lowest BCUT2D eigenvalue weighted by Gasteiger charge is -2.16. The third kappa shape index (κ3) is 2.81. The van der Waals surface area contributed by atoms with Crippen LogP contribution in [0, 0.1) is 0 Å². The quantitative estimate of drug-likeness (QED) is 0.198. The Morgan fingerprint density at radius 1 is 0.525 bits per heavy atom. The van der Waals surface area contributed by atoms with Crippen molar-refractivity contribution in [2.24, 2.45) is 0 Å². The molecule has 1 aliphatic rings. The molecule has 6 aromatic carbocycles. The van der Waals surface area contributed by atoms with Crippen molar-refractivity contribution in [2.45, 2.75) is 0 Å². The van der Waals surface area contributed by atoms with E-state index in [0.29, 0.717) is 0 Å². The van der Waals surface area contributed by atoms with Gasteiger partial charge in [0.15, 0.2) is 7.14 Å². The molecule has 0 N–H and O–H groups in total. The van der Waals surface area contributed by atoms with Crippen LogP contribution in [0.2, 0.25) is 0 Å². The maximum absolute atomic E-state index is 15.2. The number of benzene rings is 6. The second-order valence-electron chi connectivity index (χ2n) is 10.5. The van der Waals surface area contributed by atoms with E-state index in [4.69, 9.17) is 0 Å². The highest BCUT2D eigenvalue weighted by molar-refractivity contribution is 7.86. The van der Waals surface area contributed by atoms with Crippen LogP contribution in [0.25, 0.3) is 58.8 Å². The van der Waals surface area contributed by atoms with Gasteiger partial charge in [0.05, 0.1) is 21.4 Å². The fourth-order valence-electron chi connectivity index (χ4n) is 6.67. The summed E-state index contributed by atoms with van der Waals surface area (Å²) in [5.41, 5.74) is 5.63. The Morgan fingerprint density at radius 3 is 2.15 bits per heavy atom. The maximum atomic E-state index is 15.2. The number of para-hydroxylation sites is 1. The molecule has 0 saturated heterocycles. The molecule has 1 unspecified atom stereocenters. The molecule has 8 aromatic rings. The lowest BCUT2D eigenvalue weighted by Crippen LogP contribution is -2.20.